The standard InChI is InChI=1S/C15H20Cl4/c1-2-3-4-5-6-7-8-9-11-10-12(16)14(18)15(19)13(11)17/h10H,2-9H2,1H3. The summed E-state index contributed by atoms with van der Waals surface area (Å²) in [4.78, 5) is 0. The van der Waals surface area contributed by atoms with E-state index in [1.54, 1.807) is 0 Å². The molecule has 0 aliphatic carbocycles. The maximum Gasteiger partial charge on any atom is 0.0796 e. The molecule has 1 aromatic carbocycles. The minimum absolute atomic E-state index is 0.344. The van der Waals surface area contributed by atoms with E-state index >= 15 is 0 Å². The number of aryl methyl sites for hydroxylation is 1. The van der Waals surface area contributed by atoms with Gasteiger partial charge in [0.2, 0.25) is 0 Å². The second-order valence-corrected chi connectivity index (χ2v) is 6.37. The zero-order valence-corrected chi connectivity index (χ0v) is 14.3. The van der Waals surface area contributed by atoms with E-state index in [4.69, 9.17) is 46.4 Å². The van der Waals surface area contributed by atoms with Crippen LogP contribution in [0.3, 0.4) is 0 Å². The van der Waals surface area contributed by atoms with E-state index in [0.717, 1.165) is 18.4 Å². The summed E-state index contributed by atoms with van der Waals surface area (Å²) in [6.45, 7) is 2.23. The predicted molar refractivity (Wildman–Crippen MR) is 88.2 cm³/mol. The Morgan fingerprint density at radius 1 is 0.737 bits per heavy atom. The highest BCUT2D eigenvalue weighted by Crippen LogP contribution is 2.38. The van der Waals surface area contributed by atoms with Crippen LogP contribution in [0.2, 0.25) is 20.1 Å². The number of halogens is 4. The van der Waals surface area contributed by atoms with Gasteiger partial charge < -0.3 is 0 Å². The van der Waals surface area contributed by atoms with Crippen molar-refractivity contribution in [1.29, 1.82) is 0 Å². The van der Waals surface area contributed by atoms with Gasteiger partial charge >= 0.3 is 0 Å². The Balaban J connectivity index is 2.38. The zero-order valence-electron chi connectivity index (χ0n) is 11.2. The SMILES string of the molecule is CCCCCCCCCc1cc(Cl)c(Cl)c(Cl)c1Cl. The van der Waals surface area contributed by atoms with Gasteiger partial charge in [0.05, 0.1) is 20.1 Å². The van der Waals surface area contributed by atoms with E-state index in [1.165, 1.54) is 38.5 Å². The molecule has 0 heterocycles. The average molecular weight is 342 g/mol. The molecule has 0 amide bonds. The van der Waals surface area contributed by atoms with Crippen LogP contribution in [0.1, 0.15) is 57.4 Å². The number of unbranched alkanes of at least 4 members (excludes halogenated alkanes) is 6. The fourth-order valence-electron chi connectivity index (χ4n) is 2.08. The lowest BCUT2D eigenvalue weighted by atomic mass is 10.0. The Hall–Kier alpha value is 0.380. The van der Waals surface area contributed by atoms with Crippen LogP contribution in [-0.4, -0.2) is 0 Å². The van der Waals surface area contributed by atoms with Crippen LogP contribution in [0.4, 0.5) is 0 Å². The summed E-state index contributed by atoms with van der Waals surface area (Å²) in [5.41, 5.74) is 0.995. The second kappa shape index (κ2) is 9.34. The van der Waals surface area contributed by atoms with E-state index in [1.807, 2.05) is 6.07 Å². The highest BCUT2D eigenvalue weighted by atomic mass is 35.5. The summed E-state index contributed by atoms with van der Waals surface area (Å²) in [6, 6.07) is 1.83. The van der Waals surface area contributed by atoms with E-state index < -0.39 is 0 Å². The van der Waals surface area contributed by atoms with Crippen LogP contribution in [-0.2, 0) is 6.42 Å². The molecule has 0 nitrogen and oxygen atoms in total. The molecule has 0 saturated carbocycles. The zero-order chi connectivity index (χ0) is 14.3. The van der Waals surface area contributed by atoms with Gasteiger partial charge in [-0.2, -0.15) is 0 Å². The Morgan fingerprint density at radius 2 is 1.32 bits per heavy atom. The van der Waals surface area contributed by atoms with E-state index in [-0.39, 0.29) is 0 Å². The molecule has 0 unspecified atom stereocenters. The highest BCUT2D eigenvalue weighted by Gasteiger charge is 2.12. The van der Waals surface area contributed by atoms with Gasteiger partial charge in [-0.3, -0.25) is 0 Å². The normalized spacial score (nSPS) is 11.0. The van der Waals surface area contributed by atoms with Crippen LogP contribution < -0.4 is 0 Å². The molecule has 108 valence electrons. The summed E-state index contributed by atoms with van der Waals surface area (Å²) >= 11 is 24.2. The Bertz CT molecular complexity index is 402. The molecular formula is C15H20Cl4. The van der Waals surface area contributed by atoms with Crippen molar-refractivity contribution in [3.8, 4) is 0 Å². The molecule has 0 bridgehead atoms. The number of benzene rings is 1. The number of hydrogen-bond donors (Lipinski definition) is 0. The van der Waals surface area contributed by atoms with Crippen LogP contribution >= 0.6 is 46.4 Å². The molecule has 1 aromatic rings. The first-order valence-electron chi connectivity index (χ1n) is 6.89. The molecular weight excluding hydrogens is 322 g/mol. The second-order valence-electron chi connectivity index (χ2n) is 4.83. The summed E-state index contributed by atoms with van der Waals surface area (Å²) in [5.74, 6) is 0. The van der Waals surface area contributed by atoms with Crippen molar-refractivity contribution < 1.29 is 0 Å². The van der Waals surface area contributed by atoms with Gasteiger partial charge in [0.1, 0.15) is 0 Å². The van der Waals surface area contributed by atoms with Crippen molar-refractivity contribution in [3.05, 3.63) is 31.7 Å². The van der Waals surface area contributed by atoms with Crippen molar-refractivity contribution >= 4 is 46.4 Å². The minimum atomic E-state index is 0.344. The number of rotatable bonds is 8. The molecule has 0 aromatic heterocycles. The van der Waals surface area contributed by atoms with Crippen molar-refractivity contribution in [1.82, 2.24) is 0 Å². The van der Waals surface area contributed by atoms with E-state index in [9.17, 15) is 0 Å². The molecule has 0 aliphatic rings. The maximum absolute atomic E-state index is 6.18. The summed E-state index contributed by atoms with van der Waals surface area (Å²) in [7, 11) is 0. The molecule has 0 atom stereocenters. The first kappa shape index (κ1) is 17.4. The molecule has 0 saturated heterocycles. The molecule has 1 rings (SSSR count). The van der Waals surface area contributed by atoms with Crippen molar-refractivity contribution in [2.24, 2.45) is 0 Å². The lowest BCUT2D eigenvalue weighted by Crippen LogP contribution is -1.90. The fraction of sp³-hybridized carbons (Fsp3) is 0.600. The first-order valence-corrected chi connectivity index (χ1v) is 8.41. The molecule has 0 N–H and O–H groups in total. The Morgan fingerprint density at radius 3 is 1.95 bits per heavy atom. The van der Waals surface area contributed by atoms with Crippen molar-refractivity contribution in [2.45, 2.75) is 58.3 Å². The average Bonchev–Trinajstić information content (AvgIpc) is 2.41. The Labute approximate surface area is 136 Å². The molecule has 0 aliphatic heterocycles. The van der Waals surface area contributed by atoms with Crippen molar-refractivity contribution in [2.75, 3.05) is 0 Å². The van der Waals surface area contributed by atoms with Crippen LogP contribution in [0, 0.1) is 0 Å². The summed E-state index contributed by atoms with van der Waals surface area (Å²) in [6.07, 6.45) is 9.82. The third-order valence-electron chi connectivity index (χ3n) is 3.23. The quantitative estimate of drug-likeness (QED) is 0.259. The topological polar surface area (TPSA) is 0 Å². The molecule has 0 spiro atoms. The third-order valence-corrected chi connectivity index (χ3v) is 5.02. The summed E-state index contributed by atoms with van der Waals surface area (Å²) in [5, 5.41) is 1.74. The lowest BCUT2D eigenvalue weighted by molar-refractivity contribution is 0.589. The minimum Gasteiger partial charge on any atom is -0.0826 e. The maximum atomic E-state index is 6.18. The predicted octanol–water partition coefficient (Wildman–Crippen LogP) is 7.59. The molecule has 0 fully saturated rings. The van der Waals surface area contributed by atoms with Gasteiger partial charge in [-0.15, -0.1) is 0 Å². The number of hydrogen-bond acceptors (Lipinski definition) is 0. The van der Waals surface area contributed by atoms with Gasteiger partial charge in [-0.1, -0.05) is 91.9 Å². The van der Waals surface area contributed by atoms with E-state index in [2.05, 4.69) is 6.92 Å². The third kappa shape index (κ3) is 5.71. The largest absolute Gasteiger partial charge is 0.0826 e. The highest BCUT2D eigenvalue weighted by molar-refractivity contribution is 6.51. The van der Waals surface area contributed by atoms with E-state index in [0.29, 0.717) is 20.1 Å². The smallest absolute Gasteiger partial charge is 0.0796 e. The first-order chi connectivity index (χ1) is 9.07. The van der Waals surface area contributed by atoms with Crippen molar-refractivity contribution in [3.63, 3.8) is 0 Å². The fourth-order valence-corrected chi connectivity index (χ4v) is 3.02. The molecule has 19 heavy (non-hydrogen) atoms. The van der Waals surface area contributed by atoms with Crippen LogP contribution in [0.5, 0.6) is 0 Å². The lowest BCUT2D eigenvalue weighted by Gasteiger charge is -2.09. The van der Waals surface area contributed by atoms with Gasteiger partial charge in [-0.25, -0.2) is 0 Å². The Kier molecular flexibility index (Phi) is 8.57. The summed E-state index contributed by atoms with van der Waals surface area (Å²) < 4.78 is 0. The van der Waals surface area contributed by atoms with Gasteiger partial charge in [0.15, 0.2) is 0 Å². The van der Waals surface area contributed by atoms with Gasteiger partial charge in [0.25, 0.3) is 0 Å². The van der Waals surface area contributed by atoms with Gasteiger partial charge in [0, 0.05) is 0 Å². The van der Waals surface area contributed by atoms with Crippen LogP contribution in [0.15, 0.2) is 6.07 Å². The van der Waals surface area contributed by atoms with Crippen LogP contribution in [0.25, 0.3) is 0 Å². The molecule has 4 heteroatoms. The van der Waals surface area contributed by atoms with Gasteiger partial charge in [-0.05, 0) is 24.5 Å². The monoisotopic (exact) mass is 340 g/mol. The molecule has 0 radical (unpaired) electrons.